The van der Waals surface area contributed by atoms with Crippen molar-refractivity contribution < 1.29 is 8.85 Å². The lowest BCUT2D eigenvalue weighted by atomic mass is 9.83. The van der Waals surface area contributed by atoms with Crippen LogP contribution in [0.3, 0.4) is 0 Å². The highest BCUT2D eigenvalue weighted by molar-refractivity contribution is 6.70. The second kappa shape index (κ2) is 7.81. The first-order chi connectivity index (χ1) is 10.4. The molecule has 0 aliphatic heterocycles. The molecule has 2 rings (SSSR count). The Labute approximate surface area is 139 Å². The predicted molar refractivity (Wildman–Crippen MR) is 96.2 cm³/mol. The van der Waals surface area contributed by atoms with Crippen LogP contribution in [-0.2, 0) is 8.85 Å². The molecule has 2 aliphatic rings. The molecular weight excluding hydrogens is 288 g/mol. The Kier molecular flexibility index (Phi) is 6.55. The van der Waals surface area contributed by atoms with Crippen LogP contribution in [0.1, 0.15) is 73.6 Å². The fraction of sp³-hybridized carbons (Fsp3) is 1.00. The molecule has 2 saturated carbocycles. The summed E-state index contributed by atoms with van der Waals surface area (Å²) < 4.78 is 13.3. The van der Waals surface area contributed by atoms with E-state index in [0.717, 1.165) is 36.9 Å². The summed E-state index contributed by atoms with van der Waals surface area (Å²) in [6, 6.07) is 0. The van der Waals surface area contributed by atoms with Crippen LogP contribution in [0.2, 0.25) is 11.1 Å². The quantitative estimate of drug-likeness (QED) is 0.577. The van der Waals surface area contributed by atoms with Crippen LogP contribution in [0, 0.1) is 23.7 Å². The first-order valence-electron chi connectivity index (χ1n) is 9.72. The minimum absolute atomic E-state index is 0.698. The molecule has 130 valence electrons. The van der Waals surface area contributed by atoms with Crippen molar-refractivity contribution in [2.24, 2.45) is 23.7 Å². The normalized spacial score (nSPS) is 40.1. The van der Waals surface area contributed by atoms with Gasteiger partial charge in [-0.25, -0.2) is 0 Å². The Balaban J connectivity index is 2.31. The van der Waals surface area contributed by atoms with Crippen molar-refractivity contribution in [1.82, 2.24) is 0 Å². The Morgan fingerprint density at radius 3 is 1.77 bits per heavy atom. The molecule has 0 radical (unpaired) electrons. The molecule has 2 fully saturated rings. The minimum Gasteiger partial charge on any atom is -0.394 e. The van der Waals surface area contributed by atoms with Gasteiger partial charge in [-0.15, -0.1) is 0 Å². The van der Waals surface area contributed by atoms with E-state index in [1.54, 1.807) is 0 Å². The molecule has 0 amide bonds. The van der Waals surface area contributed by atoms with Gasteiger partial charge in [0.15, 0.2) is 0 Å². The fourth-order valence-electron chi connectivity index (χ4n) is 5.45. The Morgan fingerprint density at radius 2 is 1.36 bits per heavy atom. The summed E-state index contributed by atoms with van der Waals surface area (Å²) in [6.07, 6.45) is 6.73. The molecule has 0 aromatic carbocycles. The van der Waals surface area contributed by atoms with Gasteiger partial charge in [-0.1, -0.05) is 34.1 Å². The maximum atomic E-state index is 6.63. The molecule has 0 heterocycles. The molecule has 5 unspecified atom stereocenters. The van der Waals surface area contributed by atoms with Gasteiger partial charge in [0.25, 0.3) is 0 Å². The van der Waals surface area contributed by atoms with Gasteiger partial charge < -0.3 is 8.85 Å². The maximum absolute atomic E-state index is 6.63. The van der Waals surface area contributed by atoms with Crippen molar-refractivity contribution in [1.29, 1.82) is 0 Å². The Bertz CT molecular complexity index is 330. The molecule has 0 bridgehead atoms. The topological polar surface area (TPSA) is 18.5 Å². The van der Waals surface area contributed by atoms with Gasteiger partial charge in [0.05, 0.1) is 0 Å². The zero-order valence-electron chi connectivity index (χ0n) is 15.7. The van der Waals surface area contributed by atoms with Crippen LogP contribution in [-0.4, -0.2) is 21.8 Å². The van der Waals surface area contributed by atoms with Gasteiger partial charge in [0, 0.05) is 24.3 Å². The van der Waals surface area contributed by atoms with E-state index in [1.807, 2.05) is 0 Å². The van der Waals surface area contributed by atoms with Crippen molar-refractivity contribution in [2.75, 3.05) is 13.2 Å². The van der Waals surface area contributed by atoms with Crippen molar-refractivity contribution in [3.8, 4) is 0 Å². The van der Waals surface area contributed by atoms with Crippen LogP contribution in [0.5, 0.6) is 0 Å². The summed E-state index contributed by atoms with van der Waals surface area (Å²) in [6.45, 7) is 15.7. The van der Waals surface area contributed by atoms with Crippen molar-refractivity contribution in [3.63, 3.8) is 0 Å². The zero-order valence-corrected chi connectivity index (χ0v) is 16.7. The summed E-state index contributed by atoms with van der Waals surface area (Å²) in [4.78, 5) is 0. The van der Waals surface area contributed by atoms with E-state index in [9.17, 15) is 0 Å². The average Bonchev–Trinajstić information content (AvgIpc) is 2.78. The zero-order chi connectivity index (χ0) is 16.3. The molecule has 5 atom stereocenters. The van der Waals surface area contributed by atoms with E-state index in [-0.39, 0.29) is 0 Å². The third kappa shape index (κ3) is 3.62. The van der Waals surface area contributed by atoms with Crippen LogP contribution in [0.15, 0.2) is 0 Å². The molecule has 0 spiro atoms. The van der Waals surface area contributed by atoms with Gasteiger partial charge in [0.1, 0.15) is 0 Å². The minimum atomic E-state index is -2.15. The fourth-order valence-corrected chi connectivity index (χ4v) is 11.0. The van der Waals surface area contributed by atoms with Gasteiger partial charge >= 0.3 is 8.56 Å². The summed E-state index contributed by atoms with van der Waals surface area (Å²) in [5, 5.41) is 0. The smallest absolute Gasteiger partial charge is 0.344 e. The number of hydrogen-bond acceptors (Lipinski definition) is 2. The molecule has 2 nitrogen and oxygen atoms in total. The van der Waals surface area contributed by atoms with E-state index in [1.165, 1.54) is 32.1 Å². The Hall–Kier alpha value is 0.137. The van der Waals surface area contributed by atoms with E-state index >= 15 is 0 Å². The van der Waals surface area contributed by atoms with Crippen LogP contribution < -0.4 is 0 Å². The molecule has 22 heavy (non-hydrogen) atoms. The molecular formula is C19H38O2Si. The predicted octanol–water partition coefficient (Wildman–Crippen LogP) is 5.76. The van der Waals surface area contributed by atoms with E-state index in [4.69, 9.17) is 8.85 Å². The van der Waals surface area contributed by atoms with Gasteiger partial charge in [-0.3, -0.25) is 0 Å². The maximum Gasteiger partial charge on any atom is 0.344 e. The lowest BCUT2D eigenvalue weighted by Crippen LogP contribution is -2.54. The highest BCUT2D eigenvalue weighted by Gasteiger charge is 2.57. The molecule has 0 aromatic heterocycles. The molecule has 0 saturated heterocycles. The molecule has 2 aliphatic carbocycles. The van der Waals surface area contributed by atoms with E-state index in [0.29, 0.717) is 11.1 Å². The molecule has 3 heteroatoms. The monoisotopic (exact) mass is 326 g/mol. The molecule has 0 aromatic rings. The van der Waals surface area contributed by atoms with Crippen LogP contribution in [0.4, 0.5) is 0 Å². The van der Waals surface area contributed by atoms with Gasteiger partial charge in [-0.2, -0.15) is 0 Å². The largest absolute Gasteiger partial charge is 0.394 e. The van der Waals surface area contributed by atoms with Crippen molar-refractivity contribution in [2.45, 2.75) is 84.7 Å². The van der Waals surface area contributed by atoms with E-state index in [2.05, 4.69) is 41.5 Å². The van der Waals surface area contributed by atoms with E-state index < -0.39 is 8.56 Å². The lowest BCUT2D eigenvalue weighted by Gasteiger charge is -2.46. The first kappa shape index (κ1) is 18.5. The Morgan fingerprint density at radius 1 is 0.818 bits per heavy atom. The molecule has 0 N–H and O–H groups in total. The van der Waals surface area contributed by atoms with Crippen LogP contribution in [0.25, 0.3) is 0 Å². The summed E-state index contributed by atoms with van der Waals surface area (Å²) in [5.41, 5.74) is 1.40. The third-order valence-electron chi connectivity index (χ3n) is 6.47. The van der Waals surface area contributed by atoms with Crippen molar-refractivity contribution in [3.05, 3.63) is 0 Å². The average molecular weight is 327 g/mol. The highest BCUT2D eigenvalue weighted by Crippen LogP contribution is 2.55. The summed E-state index contributed by atoms with van der Waals surface area (Å²) in [7, 11) is -2.15. The highest BCUT2D eigenvalue weighted by atomic mass is 28.4. The standard InChI is InChI=1S/C19H38O2Si/c1-7-20-22(21-8-2,19-10-9-16(5)17(19)6)18-12-14(3)11-15(4)13-18/h14-19H,7-13H2,1-6H3. The number of hydrogen-bond donors (Lipinski definition) is 0. The second-order valence-corrected chi connectivity index (χ2v) is 11.8. The van der Waals surface area contributed by atoms with Crippen molar-refractivity contribution >= 4 is 8.56 Å². The van der Waals surface area contributed by atoms with Gasteiger partial charge in [0.2, 0.25) is 0 Å². The van der Waals surface area contributed by atoms with Gasteiger partial charge in [-0.05, 0) is 63.2 Å². The lowest BCUT2D eigenvalue weighted by molar-refractivity contribution is 0.134. The SMILES string of the molecule is CCO[Si](OCC)(C1CC(C)CC(C)C1)C1CCC(C)C1C. The number of rotatable bonds is 6. The summed E-state index contributed by atoms with van der Waals surface area (Å²) >= 11 is 0. The first-order valence-corrected chi connectivity index (χ1v) is 11.7. The van der Waals surface area contributed by atoms with Crippen LogP contribution >= 0.6 is 0 Å². The third-order valence-corrected chi connectivity index (χ3v) is 11.4. The second-order valence-electron chi connectivity index (χ2n) is 8.22. The summed E-state index contributed by atoms with van der Waals surface area (Å²) in [5.74, 6) is 3.25.